The number of phenolic OH excluding ortho intramolecular Hbond substituents is 1. The molecule has 0 unspecified atom stereocenters. The van der Waals surface area contributed by atoms with Gasteiger partial charge in [0.15, 0.2) is 0 Å². The molecule has 0 saturated carbocycles. The van der Waals surface area contributed by atoms with Crippen LogP contribution in [0.5, 0.6) is 5.75 Å². The molecule has 1 N–H and O–H groups in total. The summed E-state index contributed by atoms with van der Waals surface area (Å²) in [7, 11) is 0. The van der Waals surface area contributed by atoms with Crippen LogP contribution in [0.4, 0.5) is 0 Å². The number of hydrogen-bond donors (Lipinski definition) is 1. The number of imidazole rings is 1. The van der Waals surface area contributed by atoms with Gasteiger partial charge in [0.05, 0.1) is 41.7 Å². The van der Waals surface area contributed by atoms with Crippen LogP contribution in [0.1, 0.15) is 158 Å². The lowest BCUT2D eigenvalue weighted by Gasteiger charge is -2.28. The Hall–Kier alpha value is -7.82. The second-order valence-electron chi connectivity index (χ2n) is 26.2. The molecule has 4 nitrogen and oxygen atoms in total. The summed E-state index contributed by atoms with van der Waals surface area (Å²) in [6.07, 6.45) is -0.0668. The molecule has 0 aliphatic carbocycles. The summed E-state index contributed by atoms with van der Waals surface area (Å²) in [5, 5.41) is 13.1. The first-order chi connectivity index (χ1) is 43.7. The third kappa shape index (κ3) is 11.3. The number of aryl methyl sites for hydroxylation is 1. The fourth-order valence-corrected chi connectivity index (χ4v) is 10.3. The van der Waals surface area contributed by atoms with Crippen molar-refractivity contribution in [1.29, 1.82) is 0 Å². The van der Waals surface area contributed by atoms with Crippen LogP contribution in [0.15, 0.2) is 182 Å². The fourth-order valence-electron chi connectivity index (χ4n) is 10.3. The minimum atomic E-state index is -2.52. The Bertz CT molecular complexity index is 4610. The molecule has 0 fully saturated rings. The first kappa shape index (κ1) is 39.5. The van der Waals surface area contributed by atoms with Crippen molar-refractivity contribution < 1.29 is 25.7 Å². The SMILES string of the molecule is [2H]c1c([2H])c([2H])c(-c2cc(C(C)(C)C)cc(-c3c([2H])c([2H])c([2H])c([2H])c3[2H])c2-n2c(-c3cc(C(C)(C)C)cc(C(C)(C)C)c3O)nc3c(-c4cc(-c5cc(-c6ccc(-c7ccc(C([2H])([2H])C(C)(C)C)cc7C([2H])([2H])[2H])cc6)ccn5)cc(C(C)(C)C)c4)cccc32)c([2H])c1[2H]. The first-order valence-corrected chi connectivity index (χ1v) is 27.4. The number of benzene rings is 8. The average molecular weight is 1070 g/mol. The molecule has 0 radical (unpaired) electrons. The van der Waals surface area contributed by atoms with Crippen LogP contribution in [-0.2, 0) is 28.0 Å². The van der Waals surface area contributed by atoms with Gasteiger partial charge in [-0.05, 0) is 156 Å². The zero-order valence-corrected chi connectivity index (χ0v) is 48.8. The summed E-state index contributed by atoms with van der Waals surface area (Å²) < 4.78 is 137. The predicted octanol–water partition coefficient (Wildman–Crippen LogP) is 20.9. The van der Waals surface area contributed by atoms with Gasteiger partial charge < -0.3 is 5.11 Å². The Morgan fingerprint density at radius 2 is 1.05 bits per heavy atom. The van der Waals surface area contributed by atoms with Crippen LogP contribution < -0.4 is 0 Å². The Morgan fingerprint density at radius 1 is 0.487 bits per heavy atom. The van der Waals surface area contributed by atoms with E-state index < -0.39 is 101 Å². The Labute approximate surface area is 498 Å². The summed E-state index contributed by atoms with van der Waals surface area (Å²) in [6.45, 7) is 27.1. The summed E-state index contributed by atoms with van der Waals surface area (Å²) in [6, 6.07) is 29.7. The molecule has 10 rings (SSSR count). The number of para-hydroxylation sites is 1. The Morgan fingerprint density at radius 3 is 1.62 bits per heavy atom. The molecule has 8 aromatic carbocycles. The highest BCUT2D eigenvalue weighted by atomic mass is 16.3. The van der Waals surface area contributed by atoms with E-state index in [9.17, 15) is 10.6 Å². The standard InChI is InChI=1S/C76H81N3O/c1-48-38-49(47-72(2,3)4)30-35-60(48)53-33-31-50(32-34-53)54-36-37-77-66(42-54)56-39-55(40-57(41-56)73(5,6)7)61-28-23-29-67-68(61)78-71(64-45-59(75(11,12)13)46-65(70(64)80)76(14,15)16)79(67)69-62(51-24-19-17-20-25-51)43-58(74(8,9)10)44-63(69)52-26-21-18-22-27-52/h17-46,80H,47H2,1-16H3/i1D3,17D,18D,19D,20D,21D,22D,24D,25D,26D,27D,47D2. The maximum atomic E-state index is 13.1. The van der Waals surface area contributed by atoms with Gasteiger partial charge in [-0.15, -0.1) is 0 Å². The van der Waals surface area contributed by atoms with Gasteiger partial charge in [-0.3, -0.25) is 9.55 Å². The number of nitrogens with zero attached hydrogens (tertiary/aromatic N) is 3. The van der Waals surface area contributed by atoms with Crippen molar-refractivity contribution in [3.63, 3.8) is 0 Å². The van der Waals surface area contributed by atoms with Crippen LogP contribution in [-0.4, -0.2) is 19.6 Å². The highest BCUT2D eigenvalue weighted by molar-refractivity contribution is 6.00. The minimum absolute atomic E-state index is 0.0591. The van der Waals surface area contributed by atoms with E-state index in [1.165, 1.54) is 6.07 Å². The zero-order chi connectivity index (χ0) is 70.3. The van der Waals surface area contributed by atoms with E-state index in [1.54, 1.807) is 55.8 Å². The number of hydrogen-bond acceptors (Lipinski definition) is 3. The van der Waals surface area contributed by atoms with Crippen LogP contribution in [0.2, 0.25) is 0 Å². The summed E-state index contributed by atoms with van der Waals surface area (Å²) in [4.78, 5) is 10.6. The minimum Gasteiger partial charge on any atom is -0.507 e. The van der Waals surface area contributed by atoms with Gasteiger partial charge in [0, 0.05) is 40.9 Å². The van der Waals surface area contributed by atoms with E-state index in [-0.39, 0.29) is 50.6 Å². The van der Waals surface area contributed by atoms with Gasteiger partial charge in [-0.2, -0.15) is 0 Å². The maximum absolute atomic E-state index is 13.1. The fraction of sp³-hybridized carbons (Fsp3) is 0.289. The third-order valence-electron chi connectivity index (χ3n) is 14.7. The van der Waals surface area contributed by atoms with Crippen molar-refractivity contribution in [2.45, 2.75) is 139 Å². The third-order valence-corrected chi connectivity index (χ3v) is 14.7. The predicted molar refractivity (Wildman–Crippen MR) is 341 cm³/mol. The second kappa shape index (κ2) is 20.7. The molecule has 4 heteroatoms. The molecular formula is C76H81N3O. The van der Waals surface area contributed by atoms with Crippen molar-refractivity contribution in [3.8, 4) is 89.7 Å². The van der Waals surface area contributed by atoms with E-state index in [0.29, 0.717) is 50.1 Å². The lowest BCUT2D eigenvalue weighted by atomic mass is 9.78. The van der Waals surface area contributed by atoms with Crippen LogP contribution in [0.25, 0.3) is 95.0 Å². The van der Waals surface area contributed by atoms with Crippen molar-refractivity contribution in [2.75, 3.05) is 0 Å². The van der Waals surface area contributed by atoms with Crippen molar-refractivity contribution >= 4 is 11.0 Å². The Kier molecular flexibility index (Phi) is 10.2. The summed E-state index contributed by atoms with van der Waals surface area (Å²) in [5.41, 5.74) is 6.63. The van der Waals surface area contributed by atoms with Gasteiger partial charge >= 0.3 is 0 Å². The molecule has 2 aromatic heterocycles. The number of fused-ring (bicyclic) bond motifs is 1. The lowest BCUT2D eigenvalue weighted by molar-refractivity contribution is 0.411. The van der Waals surface area contributed by atoms with E-state index in [2.05, 4.69) is 53.7 Å². The molecule has 406 valence electrons. The number of phenols is 1. The molecular weight excluding hydrogens is 971 g/mol. The Balaban J connectivity index is 1.29. The molecule has 0 aliphatic heterocycles. The molecule has 0 atom stereocenters. The molecule has 0 amide bonds. The molecule has 10 aromatic rings. The van der Waals surface area contributed by atoms with E-state index >= 15 is 0 Å². The summed E-state index contributed by atoms with van der Waals surface area (Å²) >= 11 is 0. The number of pyridine rings is 1. The van der Waals surface area contributed by atoms with E-state index in [0.717, 1.165) is 33.4 Å². The monoisotopic (exact) mass is 1070 g/mol. The number of aromatic hydroxyl groups is 1. The smallest absolute Gasteiger partial charge is 0.149 e. The molecule has 0 aliphatic rings. The van der Waals surface area contributed by atoms with Crippen LogP contribution in [0, 0.1) is 12.3 Å². The highest BCUT2D eigenvalue weighted by Crippen LogP contribution is 2.49. The summed E-state index contributed by atoms with van der Waals surface area (Å²) in [5.74, 6) is 0.0485. The van der Waals surface area contributed by atoms with Gasteiger partial charge in [-0.25, -0.2) is 4.98 Å². The molecule has 0 spiro atoms. The van der Waals surface area contributed by atoms with Crippen molar-refractivity contribution in [3.05, 3.63) is 215 Å². The largest absolute Gasteiger partial charge is 0.507 e. The van der Waals surface area contributed by atoms with E-state index in [4.69, 9.17) is 25.0 Å². The molecule has 80 heavy (non-hydrogen) atoms. The van der Waals surface area contributed by atoms with Gasteiger partial charge in [0.25, 0.3) is 0 Å². The molecule has 0 bridgehead atoms. The van der Waals surface area contributed by atoms with E-state index in [1.807, 2.05) is 114 Å². The molecule has 0 saturated heterocycles. The maximum Gasteiger partial charge on any atom is 0.149 e. The quantitative estimate of drug-likeness (QED) is 0.157. The van der Waals surface area contributed by atoms with Gasteiger partial charge in [0.2, 0.25) is 0 Å². The highest BCUT2D eigenvalue weighted by Gasteiger charge is 2.32. The zero-order valence-electron chi connectivity index (χ0n) is 63.8. The van der Waals surface area contributed by atoms with Gasteiger partial charge in [0.1, 0.15) is 11.6 Å². The van der Waals surface area contributed by atoms with Crippen molar-refractivity contribution in [1.82, 2.24) is 14.5 Å². The lowest BCUT2D eigenvalue weighted by Crippen LogP contribution is -2.17. The number of rotatable bonds is 9. The van der Waals surface area contributed by atoms with Crippen LogP contribution in [0.3, 0.4) is 0 Å². The second-order valence-corrected chi connectivity index (χ2v) is 26.2. The van der Waals surface area contributed by atoms with Gasteiger partial charge in [-0.1, -0.05) is 231 Å². The first-order valence-electron chi connectivity index (χ1n) is 34.9. The number of aromatic nitrogens is 3. The van der Waals surface area contributed by atoms with Crippen molar-refractivity contribution in [2.24, 2.45) is 5.41 Å². The average Bonchev–Trinajstić information content (AvgIpc) is 1.67. The topological polar surface area (TPSA) is 50.9 Å². The normalized spacial score (nSPS) is 15.6. The van der Waals surface area contributed by atoms with Crippen LogP contribution >= 0.6 is 0 Å². The molecule has 2 heterocycles.